The van der Waals surface area contributed by atoms with Gasteiger partial charge in [0.15, 0.2) is 5.76 Å². The number of fused-ring (bicyclic) bond motifs is 1. The number of nitrogens with zero attached hydrogens (tertiary/aromatic N) is 1. The zero-order valence-electron chi connectivity index (χ0n) is 15.7. The van der Waals surface area contributed by atoms with Gasteiger partial charge in [-0.25, -0.2) is 4.98 Å². The normalized spacial score (nSPS) is 26.3. The zero-order valence-corrected chi connectivity index (χ0v) is 16.5. The Kier molecular flexibility index (Phi) is 4.07. The van der Waals surface area contributed by atoms with E-state index in [2.05, 4.69) is 34.9 Å². The summed E-state index contributed by atoms with van der Waals surface area (Å²) in [6.07, 6.45) is -0.772. The average Bonchev–Trinajstić information content (AvgIpc) is 3.21. The molecule has 2 aliphatic carbocycles. The Labute approximate surface area is 169 Å². The van der Waals surface area contributed by atoms with E-state index in [4.69, 9.17) is 4.98 Å². The van der Waals surface area contributed by atoms with Gasteiger partial charge in [-0.2, -0.15) is 13.2 Å². The third-order valence-corrected chi connectivity index (χ3v) is 7.27. The molecule has 0 unspecified atom stereocenters. The van der Waals surface area contributed by atoms with E-state index in [1.807, 2.05) is 0 Å². The van der Waals surface area contributed by atoms with E-state index in [1.54, 1.807) is 11.3 Å². The van der Waals surface area contributed by atoms with Crippen LogP contribution >= 0.6 is 11.3 Å². The standard InChI is InChI=1S/C21H19F3N2O2S/c1-11-2-4-16-14(6-11)26-19(29-16)12-7-20(8-12)9-13(10-20)25-18(27)15-3-5-17(28-15)21(22,23)24/h2-6,12-13H,7-10H2,1H3,(H,25,27). The highest BCUT2D eigenvalue weighted by atomic mass is 32.1. The van der Waals surface area contributed by atoms with E-state index in [0.29, 0.717) is 5.92 Å². The van der Waals surface area contributed by atoms with E-state index >= 15 is 0 Å². The molecule has 1 aromatic carbocycles. The lowest BCUT2D eigenvalue weighted by Gasteiger charge is -2.57. The Balaban J connectivity index is 1.15. The van der Waals surface area contributed by atoms with Gasteiger partial charge < -0.3 is 9.73 Å². The van der Waals surface area contributed by atoms with Crippen molar-refractivity contribution in [3.63, 3.8) is 0 Å². The summed E-state index contributed by atoms with van der Waals surface area (Å²) in [5, 5.41) is 3.97. The lowest BCUT2D eigenvalue weighted by molar-refractivity contribution is -0.153. The van der Waals surface area contributed by atoms with Crippen LogP contribution in [0.5, 0.6) is 0 Å². The number of aryl methyl sites for hydroxylation is 1. The second-order valence-corrected chi connectivity index (χ2v) is 9.43. The van der Waals surface area contributed by atoms with Crippen LogP contribution in [0.4, 0.5) is 13.2 Å². The van der Waals surface area contributed by atoms with E-state index in [9.17, 15) is 18.0 Å². The molecule has 2 aliphatic rings. The number of rotatable bonds is 3. The van der Waals surface area contributed by atoms with Crippen LogP contribution in [0, 0.1) is 12.3 Å². The fourth-order valence-electron chi connectivity index (χ4n) is 4.68. The molecule has 0 aliphatic heterocycles. The van der Waals surface area contributed by atoms with Crippen LogP contribution in [0.15, 0.2) is 34.7 Å². The number of aromatic nitrogens is 1. The summed E-state index contributed by atoms with van der Waals surface area (Å²) in [5.74, 6) is -1.57. The van der Waals surface area contributed by atoms with E-state index in [0.717, 1.165) is 43.3 Å². The molecule has 2 aromatic heterocycles. The molecule has 8 heteroatoms. The summed E-state index contributed by atoms with van der Waals surface area (Å²) in [6, 6.07) is 8.17. The Morgan fingerprint density at radius 3 is 2.66 bits per heavy atom. The first-order valence-corrected chi connectivity index (χ1v) is 10.4. The number of amides is 1. The third-order valence-electron chi connectivity index (χ3n) is 6.07. The summed E-state index contributed by atoms with van der Waals surface area (Å²) in [5.41, 5.74) is 2.49. The molecular formula is C21H19F3N2O2S. The molecule has 0 bridgehead atoms. The summed E-state index contributed by atoms with van der Waals surface area (Å²) in [7, 11) is 0. The van der Waals surface area contributed by atoms with Crippen LogP contribution < -0.4 is 5.32 Å². The smallest absolute Gasteiger partial charge is 0.446 e. The van der Waals surface area contributed by atoms with Crippen molar-refractivity contribution in [2.45, 2.75) is 50.7 Å². The van der Waals surface area contributed by atoms with Crippen LogP contribution in [-0.4, -0.2) is 16.9 Å². The molecule has 2 saturated carbocycles. The predicted octanol–water partition coefficient (Wildman–Crippen LogP) is 5.67. The van der Waals surface area contributed by atoms with Gasteiger partial charge in [-0.15, -0.1) is 11.3 Å². The molecular weight excluding hydrogens is 401 g/mol. The maximum Gasteiger partial charge on any atom is 0.449 e. The van der Waals surface area contributed by atoms with Crippen LogP contribution in [-0.2, 0) is 6.18 Å². The highest BCUT2D eigenvalue weighted by molar-refractivity contribution is 7.18. The van der Waals surface area contributed by atoms with Gasteiger partial charge in [0, 0.05) is 12.0 Å². The Bertz CT molecular complexity index is 1090. The number of hydrogen-bond acceptors (Lipinski definition) is 4. The van der Waals surface area contributed by atoms with Gasteiger partial charge in [-0.05, 0) is 67.9 Å². The second kappa shape index (κ2) is 6.32. The number of furan rings is 1. The van der Waals surface area contributed by atoms with Gasteiger partial charge in [-0.1, -0.05) is 6.07 Å². The SMILES string of the molecule is Cc1ccc2sc(C3CC4(CC(NC(=O)c5ccc(C(F)(F)F)o5)C4)C3)nc2c1. The van der Waals surface area contributed by atoms with Crippen LogP contribution in [0.2, 0.25) is 0 Å². The summed E-state index contributed by atoms with van der Waals surface area (Å²) in [6.45, 7) is 2.06. The monoisotopic (exact) mass is 420 g/mol. The Hall–Kier alpha value is -2.35. The van der Waals surface area contributed by atoms with Crippen molar-refractivity contribution in [2.24, 2.45) is 5.41 Å². The summed E-state index contributed by atoms with van der Waals surface area (Å²) in [4.78, 5) is 16.9. The number of carbonyl (C=O) groups excluding carboxylic acids is 1. The minimum atomic E-state index is -4.58. The maximum atomic E-state index is 12.6. The molecule has 4 nitrogen and oxygen atoms in total. The molecule has 29 heavy (non-hydrogen) atoms. The van der Waals surface area contributed by atoms with Gasteiger partial charge in [0.2, 0.25) is 5.76 Å². The largest absolute Gasteiger partial charge is 0.449 e. The topological polar surface area (TPSA) is 55.1 Å². The van der Waals surface area contributed by atoms with Crippen LogP contribution in [0.1, 0.15) is 58.5 Å². The first-order valence-electron chi connectivity index (χ1n) is 9.56. The minimum absolute atomic E-state index is 0.0131. The minimum Gasteiger partial charge on any atom is -0.446 e. The van der Waals surface area contributed by atoms with Crippen molar-refractivity contribution in [1.82, 2.24) is 10.3 Å². The van der Waals surface area contributed by atoms with E-state index in [1.165, 1.54) is 15.3 Å². The maximum absolute atomic E-state index is 12.6. The highest BCUT2D eigenvalue weighted by Crippen LogP contribution is 2.62. The molecule has 2 fully saturated rings. The van der Waals surface area contributed by atoms with Crippen molar-refractivity contribution in [3.05, 3.63) is 52.4 Å². The first kappa shape index (κ1) is 18.7. The number of hydrogen-bond donors (Lipinski definition) is 1. The lowest BCUT2D eigenvalue weighted by atomic mass is 9.50. The number of benzene rings is 1. The summed E-state index contributed by atoms with van der Waals surface area (Å²) >= 11 is 1.75. The molecule has 5 rings (SSSR count). The molecule has 3 aromatic rings. The lowest BCUT2D eigenvalue weighted by Crippen LogP contribution is -2.55. The molecule has 0 saturated heterocycles. The second-order valence-electron chi connectivity index (χ2n) is 8.37. The fourth-order valence-corrected chi connectivity index (χ4v) is 5.73. The van der Waals surface area contributed by atoms with Gasteiger partial charge in [0.05, 0.1) is 15.2 Å². The third kappa shape index (κ3) is 3.33. The van der Waals surface area contributed by atoms with Crippen molar-refractivity contribution < 1.29 is 22.4 Å². The number of alkyl halides is 3. The van der Waals surface area contributed by atoms with Crippen molar-refractivity contribution in [1.29, 1.82) is 0 Å². The van der Waals surface area contributed by atoms with Gasteiger partial charge in [-0.3, -0.25) is 4.79 Å². The predicted molar refractivity (Wildman–Crippen MR) is 103 cm³/mol. The number of thiazole rings is 1. The van der Waals surface area contributed by atoms with Crippen molar-refractivity contribution in [2.75, 3.05) is 0 Å². The molecule has 2 heterocycles. The van der Waals surface area contributed by atoms with Crippen LogP contribution in [0.3, 0.4) is 0 Å². The molecule has 1 N–H and O–H groups in total. The molecule has 152 valence electrons. The molecule has 0 radical (unpaired) electrons. The number of carbonyl (C=O) groups is 1. The van der Waals surface area contributed by atoms with Crippen molar-refractivity contribution in [3.8, 4) is 0 Å². The zero-order chi connectivity index (χ0) is 20.4. The van der Waals surface area contributed by atoms with E-state index in [-0.39, 0.29) is 17.2 Å². The van der Waals surface area contributed by atoms with Gasteiger partial charge >= 0.3 is 6.18 Å². The van der Waals surface area contributed by atoms with Crippen LogP contribution in [0.25, 0.3) is 10.2 Å². The van der Waals surface area contributed by atoms with Crippen molar-refractivity contribution >= 4 is 27.5 Å². The first-order chi connectivity index (χ1) is 13.7. The van der Waals surface area contributed by atoms with Gasteiger partial charge in [0.1, 0.15) is 0 Å². The number of halogens is 3. The highest BCUT2D eigenvalue weighted by Gasteiger charge is 2.54. The fraction of sp³-hybridized carbons (Fsp3) is 0.429. The van der Waals surface area contributed by atoms with Gasteiger partial charge in [0.25, 0.3) is 5.91 Å². The molecule has 1 spiro atoms. The molecule has 0 atom stereocenters. The quantitative estimate of drug-likeness (QED) is 0.594. The molecule has 1 amide bonds. The number of nitrogens with one attached hydrogen (secondary N) is 1. The average molecular weight is 420 g/mol. The Morgan fingerprint density at radius 2 is 1.97 bits per heavy atom. The Morgan fingerprint density at radius 1 is 1.21 bits per heavy atom. The summed E-state index contributed by atoms with van der Waals surface area (Å²) < 4.78 is 43.6. The van der Waals surface area contributed by atoms with E-state index < -0.39 is 17.8 Å².